The second-order valence-electron chi connectivity index (χ2n) is 3.54. The summed E-state index contributed by atoms with van der Waals surface area (Å²) in [7, 11) is -3.56. The minimum absolute atomic E-state index is 0.0105. The van der Waals surface area contributed by atoms with Crippen LogP contribution in [-0.4, -0.2) is 24.7 Å². The monoisotopic (exact) mass is 251 g/mol. The van der Waals surface area contributed by atoms with Gasteiger partial charge in [-0.15, -0.1) is 11.6 Å². The summed E-state index contributed by atoms with van der Waals surface area (Å²) in [4.78, 5) is 0. The number of rotatable bonds is 4. The lowest BCUT2D eigenvalue weighted by Gasteiger charge is -2.08. The lowest BCUT2D eigenvalue weighted by Crippen LogP contribution is -2.31. The Morgan fingerprint density at radius 1 is 1.53 bits per heavy atom. The van der Waals surface area contributed by atoms with Crippen molar-refractivity contribution < 1.29 is 8.42 Å². The van der Waals surface area contributed by atoms with Gasteiger partial charge in [0.2, 0.25) is 0 Å². The average Bonchev–Trinajstić information content (AvgIpc) is 2.44. The summed E-state index contributed by atoms with van der Waals surface area (Å²) in [5.41, 5.74) is 1.19. The molecule has 5 nitrogen and oxygen atoms in total. The Labute approximate surface area is 94.3 Å². The van der Waals surface area contributed by atoms with Gasteiger partial charge in [0.05, 0.1) is 5.88 Å². The van der Waals surface area contributed by atoms with Crippen molar-refractivity contribution in [2.24, 2.45) is 0 Å². The number of aryl methyl sites for hydroxylation is 1. The molecule has 1 aromatic heterocycles. The van der Waals surface area contributed by atoms with Crippen LogP contribution in [0.5, 0.6) is 0 Å². The largest absolute Gasteiger partial charge is 0.281 e. The third kappa shape index (κ3) is 2.70. The fourth-order valence-corrected chi connectivity index (χ4v) is 3.03. The third-order valence-electron chi connectivity index (χ3n) is 1.82. The van der Waals surface area contributed by atoms with E-state index in [1.807, 2.05) is 0 Å². The Kier molecular flexibility index (Phi) is 3.75. The molecule has 0 radical (unpaired) electrons. The van der Waals surface area contributed by atoms with E-state index in [0.717, 1.165) is 0 Å². The van der Waals surface area contributed by atoms with Gasteiger partial charge < -0.3 is 0 Å². The smallest absolute Gasteiger partial charge is 0.260 e. The van der Waals surface area contributed by atoms with Crippen molar-refractivity contribution >= 4 is 21.6 Å². The Hall–Kier alpha value is -0.590. The van der Waals surface area contributed by atoms with E-state index in [1.165, 1.54) is 0 Å². The Bertz CT molecular complexity index is 439. The number of aromatic nitrogens is 2. The molecule has 0 aliphatic heterocycles. The maximum Gasteiger partial charge on any atom is 0.260 e. The molecule has 0 aliphatic carbocycles. The number of hydrogen-bond donors (Lipinski definition) is 2. The molecule has 1 heterocycles. The summed E-state index contributed by atoms with van der Waals surface area (Å²) in [5, 5.41) is 6.35. The maximum atomic E-state index is 11.8. The Morgan fingerprint density at radius 3 is 2.60 bits per heavy atom. The van der Waals surface area contributed by atoms with Crippen molar-refractivity contribution in [2.45, 2.75) is 37.7 Å². The van der Waals surface area contributed by atoms with Crippen molar-refractivity contribution in [3.05, 3.63) is 11.3 Å². The van der Waals surface area contributed by atoms with E-state index in [9.17, 15) is 8.42 Å². The molecular formula is C8H14ClN3O2S. The average molecular weight is 252 g/mol. The van der Waals surface area contributed by atoms with Crippen LogP contribution in [0.25, 0.3) is 0 Å². The number of nitrogens with one attached hydrogen (secondary N) is 2. The van der Waals surface area contributed by atoms with E-state index < -0.39 is 10.0 Å². The van der Waals surface area contributed by atoms with Crippen molar-refractivity contribution in [1.82, 2.24) is 14.9 Å². The molecule has 0 saturated carbocycles. The number of sulfonamides is 1. The number of H-pyrrole nitrogens is 1. The van der Waals surface area contributed by atoms with Crippen LogP contribution >= 0.6 is 11.6 Å². The van der Waals surface area contributed by atoms with Gasteiger partial charge in [0.25, 0.3) is 10.0 Å². The first-order valence-electron chi connectivity index (χ1n) is 4.50. The molecule has 0 fully saturated rings. The molecule has 0 atom stereocenters. The minimum atomic E-state index is -3.56. The molecule has 7 heteroatoms. The second-order valence-corrected chi connectivity index (χ2v) is 5.44. The predicted molar refractivity (Wildman–Crippen MR) is 58.3 cm³/mol. The molecule has 0 spiro atoms. The molecule has 0 saturated heterocycles. The van der Waals surface area contributed by atoms with E-state index in [4.69, 9.17) is 11.6 Å². The second kappa shape index (κ2) is 4.51. The molecule has 0 aliphatic rings. The minimum Gasteiger partial charge on any atom is -0.281 e. The lowest BCUT2D eigenvalue weighted by atomic mass is 10.3. The van der Waals surface area contributed by atoms with Gasteiger partial charge in [-0.25, -0.2) is 13.1 Å². The number of alkyl halides is 1. The summed E-state index contributed by atoms with van der Waals surface area (Å²) in [6.45, 7) is 5.23. The number of nitrogens with zero attached hydrogens (tertiary/aromatic N) is 1. The maximum absolute atomic E-state index is 11.8. The summed E-state index contributed by atoms with van der Waals surface area (Å²) >= 11 is 5.67. The highest BCUT2D eigenvalue weighted by molar-refractivity contribution is 7.89. The van der Waals surface area contributed by atoms with Gasteiger partial charge in [0.15, 0.2) is 5.03 Å². The number of halogens is 1. The van der Waals surface area contributed by atoms with Crippen molar-refractivity contribution in [3.8, 4) is 0 Å². The normalized spacial score (nSPS) is 12.3. The van der Waals surface area contributed by atoms with Crippen LogP contribution in [-0.2, 0) is 15.9 Å². The van der Waals surface area contributed by atoms with Crippen LogP contribution in [0, 0.1) is 6.92 Å². The Morgan fingerprint density at radius 2 is 2.13 bits per heavy atom. The SMILES string of the molecule is Cc1[nH]nc(S(=O)(=O)NC(C)C)c1CCl. The van der Waals surface area contributed by atoms with E-state index >= 15 is 0 Å². The lowest BCUT2D eigenvalue weighted by molar-refractivity contribution is 0.565. The zero-order chi connectivity index (χ0) is 11.6. The Balaban J connectivity index is 3.15. The van der Waals surface area contributed by atoms with Crippen LogP contribution in [0.15, 0.2) is 5.03 Å². The van der Waals surface area contributed by atoms with Crippen molar-refractivity contribution in [3.63, 3.8) is 0 Å². The van der Waals surface area contributed by atoms with Crippen LogP contribution in [0.2, 0.25) is 0 Å². The molecule has 1 aromatic rings. The standard InChI is InChI=1S/C8H14ClN3O2S/c1-5(2)12-15(13,14)8-7(4-9)6(3)10-11-8/h5,12H,4H2,1-3H3,(H,10,11). The van der Waals surface area contributed by atoms with Crippen LogP contribution in [0.1, 0.15) is 25.1 Å². The van der Waals surface area contributed by atoms with E-state index in [2.05, 4.69) is 14.9 Å². The molecule has 15 heavy (non-hydrogen) atoms. The van der Waals surface area contributed by atoms with Gasteiger partial charge in [-0.1, -0.05) is 0 Å². The molecular weight excluding hydrogens is 238 g/mol. The first-order chi connectivity index (χ1) is 6.88. The first kappa shape index (κ1) is 12.5. The quantitative estimate of drug-likeness (QED) is 0.788. The number of aromatic amines is 1. The molecule has 86 valence electrons. The highest BCUT2D eigenvalue weighted by Crippen LogP contribution is 2.18. The topological polar surface area (TPSA) is 74.8 Å². The highest BCUT2D eigenvalue weighted by Gasteiger charge is 2.23. The predicted octanol–water partition coefficient (Wildman–Crippen LogP) is 1.14. The summed E-state index contributed by atoms with van der Waals surface area (Å²) in [6.07, 6.45) is 0. The van der Waals surface area contributed by atoms with Gasteiger partial charge in [0.1, 0.15) is 0 Å². The van der Waals surface area contributed by atoms with Gasteiger partial charge in [-0.3, -0.25) is 5.10 Å². The van der Waals surface area contributed by atoms with E-state index in [-0.39, 0.29) is 16.9 Å². The zero-order valence-electron chi connectivity index (χ0n) is 8.83. The van der Waals surface area contributed by atoms with Gasteiger partial charge in [-0.05, 0) is 20.8 Å². The van der Waals surface area contributed by atoms with Crippen LogP contribution in [0.4, 0.5) is 0 Å². The first-order valence-corrected chi connectivity index (χ1v) is 6.52. The third-order valence-corrected chi connectivity index (χ3v) is 3.71. The molecule has 0 bridgehead atoms. The molecule has 1 rings (SSSR count). The van der Waals surface area contributed by atoms with Crippen molar-refractivity contribution in [2.75, 3.05) is 0 Å². The molecule has 0 unspecified atom stereocenters. The summed E-state index contributed by atoms with van der Waals surface area (Å²) < 4.78 is 26.0. The van der Waals surface area contributed by atoms with Crippen LogP contribution in [0.3, 0.4) is 0 Å². The summed E-state index contributed by atoms with van der Waals surface area (Å²) in [6, 6.07) is -0.171. The summed E-state index contributed by atoms with van der Waals surface area (Å²) in [5.74, 6) is 0.122. The molecule has 0 amide bonds. The fraction of sp³-hybridized carbons (Fsp3) is 0.625. The highest BCUT2D eigenvalue weighted by atomic mass is 35.5. The van der Waals surface area contributed by atoms with Gasteiger partial charge in [0, 0.05) is 17.3 Å². The van der Waals surface area contributed by atoms with Crippen molar-refractivity contribution in [1.29, 1.82) is 0 Å². The molecule has 2 N–H and O–H groups in total. The van der Waals surface area contributed by atoms with Crippen LogP contribution < -0.4 is 4.72 Å². The fourth-order valence-electron chi connectivity index (χ4n) is 1.18. The van der Waals surface area contributed by atoms with Gasteiger partial charge in [-0.2, -0.15) is 5.10 Å². The van der Waals surface area contributed by atoms with E-state index in [0.29, 0.717) is 11.3 Å². The zero-order valence-corrected chi connectivity index (χ0v) is 10.4. The van der Waals surface area contributed by atoms with Gasteiger partial charge >= 0.3 is 0 Å². The van der Waals surface area contributed by atoms with E-state index in [1.54, 1.807) is 20.8 Å². The molecule has 0 aromatic carbocycles. The number of hydrogen-bond acceptors (Lipinski definition) is 3.